The molecule has 0 saturated carbocycles. The Hall–Kier alpha value is -0.340. The van der Waals surface area contributed by atoms with Crippen molar-refractivity contribution in [3.63, 3.8) is 0 Å². The number of rotatable bonds is 13. The summed E-state index contributed by atoms with van der Waals surface area (Å²) >= 11 is 0. The van der Waals surface area contributed by atoms with Gasteiger partial charge >= 0.3 is 0 Å². The molecule has 0 aliphatic heterocycles. The summed E-state index contributed by atoms with van der Waals surface area (Å²) in [5, 5.41) is 7.12. The smallest absolute Gasteiger partial charge is 0.0247 e. The van der Waals surface area contributed by atoms with Crippen molar-refractivity contribution in [2.45, 2.75) is 77.8 Å². The lowest BCUT2D eigenvalue weighted by Gasteiger charge is -2.19. The van der Waals surface area contributed by atoms with Crippen LogP contribution in [0.1, 0.15) is 65.7 Å². The van der Waals surface area contributed by atoms with Gasteiger partial charge < -0.3 is 10.6 Å². The van der Waals surface area contributed by atoms with E-state index < -0.39 is 0 Å². The van der Waals surface area contributed by atoms with Gasteiger partial charge in [0.25, 0.3) is 0 Å². The van der Waals surface area contributed by atoms with E-state index in [4.69, 9.17) is 0 Å². The standard InChI is InChI=1S/C16H34N2/c1-5-8-10-13-17-14-11-9-12-15(4)18-16(6-2)7-3/h6,15-18H,2,5,7-14H2,1,3-4H3. The third kappa shape index (κ3) is 10.8. The summed E-state index contributed by atoms with van der Waals surface area (Å²) in [6, 6.07) is 1.08. The molecule has 0 aromatic carbocycles. The first-order chi connectivity index (χ1) is 8.74. The quantitative estimate of drug-likeness (QED) is 0.385. The molecule has 2 unspecified atom stereocenters. The molecule has 0 aliphatic carbocycles. The summed E-state index contributed by atoms with van der Waals surface area (Å²) in [5.41, 5.74) is 0. The first-order valence-electron chi connectivity index (χ1n) is 7.83. The van der Waals surface area contributed by atoms with Crippen molar-refractivity contribution < 1.29 is 0 Å². The van der Waals surface area contributed by atoms with E-state index in [0.717, 1.165) is 6.42 Å². The predicted molar refractivity (Wildman–Crippen MR) is 83.1 cm³/mol. The highest BCUT2D eigenvalue weighted by Crippen LogP contribution is 2.03. The summed E-state index contributed by atoms with van der Waals surface area (Å²) in [6.07, 6.45) is 11.0. The van der Waals surface area contributed by atoms with E-state index in [9.17, 15) is 0 Å². The van der Waals surface area contributed by atoms with Crippen molar-refractivity contribution >= 4 is 0 Å². The molecule has 0 amide bonds. The second-order valence-corrected chi connectivity index (χ2v) is 5.27. The van der Waals surface area contributed by atoms with Gasteiger partial charge in [0.15, 0.2) is 0 Å². The molecule has 0 spiro atoms. The van der Waals surface area contributed by atoms with Crippen LogP contribution in [0.25, 0.3) is 0 Å². The highest BCUT2D eigenvalue weighted by atomic mass is 14.9. The highest BCUT2D eigenvalue weighted by Gasteiger charge is 2.05. The van der Waals surface area contributed by atoms with Gasteiger partial charge in [0.1, 0.15) is 0 Å². The molecule has 0 bridgehead atoms. The van der Waals surface area contributed by atoms with Crippen LogP contribution in [0.5, 0.6) is 0 Å². The molecule has 0 aliphatic rings. The van der Waals surface area contributed by atoms with E-state index in [0.29, 0.717) is 12.1 Å². The van der Waals surface area contributed by atoms with E-state index in [2.05, 4.69) is 38.0 Å². The molecular weight excluding hydrogens is 220 g/mol. The largest absolute Gasteiger partial charge is 0.317 e. The van der Waals surface area contributed by atoms with Crippen LogP contribution in [0.3, 0.4) is 0 Å². The number of hydrogen-bond donors (Lipinski definition) is 2. The summed E-state index contributed by atoms with van der Waals surface area (Å²) < 4.78 is 0. The summed E-state index contributed by atoms with van der Waals surface area (Å²) in [4.78, 5) is 0. The number of unbranched alkanes of at least 4 members (excludes halogenated alkanes) is 3. The van der Waals surface area contributed by atoms with Gasteiger partial charge in [-0.05, 0) is 45.7 Å². The maximum absolute atomic E-state index is 3.86. The number of hydrogen-bond acceptors (Lipinski definition) is 2. The lowest BCUT2D eigenvalue weighted by Crippen LogP contribution is -2.34. The average molecular weight is 254 g/mol. The molecular formula is C16H34N2. The Bertz CT molecular complexity index is 180. The molecule has 2 nitrogen and oxygen atoms in total. The van der Waals surface area contributed by atoms with E-state index in [-0.39, 0.29) is 0 Å². The third-order valence-corrected chi connectivity index (χ3v) is 3.42. The van der Waals surface area contributed by atoms with E-state index in [1.54, 1.807) is 0 Å². The van der Waals surface area contributed by atoms with Crippen molar-refractivity contribution in [3.8, 4) is 0 Å². The minimum Gasteiger partial charge on any atom is -0.317 e. The van der Waals surface area contributed by atoms with Gasteiger partial charge in [0.05, 0.1) is 0 Å². The SMILES string of the molecule is C=CC(CC)NC(C)CCCCNCCCCC. The molecule has 2 heteroatoms. The maximum atomic E-state index is 3.86. The second-order valence-electron chi connectivity index (χ2n) is 5.27. The Kier molecular flexibility index (Phi) is 12.9. The van der Waals surface area contributed by atoms with Gasteiger partial charge in [-0.25, -0.2) is 0 Å². The lowest BCUT2D eigenvalue weighted by molar-refractivity contribution is 0.444. The highest BCUT2D eigenvalue weighted by molar-refractivity contribution is 4.85. The van der Waals surface area contributed by atoms with Crippen molar-refractivity contribution in [2.75, 3.05) is 13.1 Å². The van der Waals surface area contributed by atoms with Gasteiger partial charge in [-0.15, -0.1) is 6.58 Å². The van der Waals surface area contributed by atoms with Crippen molar-refractivity contribution in [1.82, 2.24) is 10.6 Å². The zero-order chi connectivity index (χ0) is 13.6. The van der Waals surface area contributed by atoms with Gasteiger partial charge in [-0.2, -0.15) is 0 Å². The van der Waals surface area contributed by atoms with E-state index in [1.807, 2.05) is 6.08 Å². The fourth-order valence-corrected chi connectivity index (χ4v) is 2.13. The molecule has 0 rings (SSSR count). The van der Waals surface area contributed by atoms with E-state index >= 15 is 0 Å². The van der Waals surface area contributed by atoms with Crippen LogP contribution in [-0.4, -0.2) is 25.2 Å². The maximum Gasteiger partial charge on any atom is 0.0247 e. The zero-order valence-electron chi connectivity index (χ0n) is 12.8. The van der Waals surface area contributed by atoms with Crippen LogP contribution in [0.4, 0.5) is 0 Å². The van der Waals surface area contributed by atoms with E-state index in [1.165, 1.54) is 51.6 Å². The molecule has 2 atom stereocenters. The van der Waals surface area contributed by atoms with Gasteiger partial charge in [-0.3, -0.25) is 0 Å². The zero-order valence-corrected chi connectivity index (χ0v) is 12.8. The molecule has 2 N–H and O–H groups in total. The summed E-state index contributed by atoms with van der Waals surface area (Å²) in [5.74, 6) is 0. The molecule has 18 heavy (non-hydrogen) atoms. The molecule has 108 valence electrons. The molecule has 0 aromatic heterocycles. The van der Waals surface area contributed by atoms with Crippen LogP contribution in [0.15, 0.2) is 12.7 Å². The topological polar surface area (TPSA) is 24.1 Å². The summed E-state index contributed by atoms with van der Waals surface area (Å²) in [6.45, 7) is 13.0. The first kappa shape index (κ1) is 17.7. The fourth-order valence-electron chi connectivity index (χ4n) is 2.13. The predicted octanol–water partition coefficient (Wildman–Crippen LogP) is 3.88. The van der Waals surface area contributed by atoms with Crippen LogP contribution >= 0.6 is 0 Å². The minimum absolute atomic E-state index is 0.479. The second kappa shape index (κ2) is 13.1. The Morgan fingerprint density at radius 2 is 1.72 bits per heavy atom. The average Bonchev–Trinajstić information content (AvgIpc) is 2.39. The van der Waals surface area contributed by atoms with Crippen molar-refractivity contribution in [2.24, 2.45) is 0 Å². The lowest BCUT2D eigenvalue weighted by atomic mass is 10.1. The van der Waals surface area contributed by atoms with Crippen molar-refractivity contribution in [3.05, 3.63) is 12.7 Å². The summed E-state index contributed by atoms with van der Waals surface area (Å²) in [7, 11) is 0. The molecule has 0 saturated heterocycles. The molecule has 0 radical (unpaired) electrons. The third-order valence-electron chi connectivity index (χ3n) is 3.42. The fraction of sp³-hybridized carbons (Fsp3) is 0.875. The normalized spacial score (nSPS) is 14.4. The van der Waals surface area contributed by atoms with Gasteiger partial charge in [0.2, 0.25) is 0 Å². The van der Waals surface area contributed by atoms with Crippen LogP contribution in [-0.2, 0) is 0 Å². The molecule has 0 fully saturated rings. The molecule has 0 aromatic rings. The Morgan fingerprint density at radius 3 is 2.28 bits per heavy atom. The van der Waals surface area contributed by atoms with Gasteiger partial charge in [0, 0.05) is 12.1 Å². The molecule has 0 heterocycles. The van der Waals surface area contributed by atoms with Crippen molar-refractivity contribution in [1.29, 1.82) is 0 Å². The first-order valence-corrected chi connectivity index (χ1v) is 7.83. The Labute approximate surface area is 115 Å². The Balaban J connectivity index is 3.29. The van der Waals surface area contributed by atoms with Crippen LogP contribution in [0, 0.1) is 0 Å². The minimum atomic E-state index is 0.479. The van der Waals surface area contributed by atoms with Crippen LogP contribution < -0.4 is 10.6 Å². The van der Waals surface area contributed by atoms with Gasteiger partial charge in [-0.1, -0.05) is 39.2 Å². The monoisotopic (exact) mass is 254 g/mol. The van der Waals surface area contributed by atoms with Crippen LogP contribution in [0.2, 0.25) is 0 Å². The Morgan fingerprint density at radius 1 is 1.06 bits per heavy atom. The number of nitrogens with one attached hydrogen (secondary N) is 2.